The fourth-order valence-electron chi connectivity index (χ4n) is 1.94. The number of aryl methyl sites for hydroxylation is 2. The van der Waals surface area contributed by atoms with Gasteiger partial charge in [0.25, 0.3) is 0 Å². The highest BCUT2D eigenvalue weighted by Gasteiger charge is 2.09. The summed E-state index contributed by atoms with van der Waals surface area (Å²) in [5.41, 5.74) is 2.33. The molecule has 1 aromatic rings. The summed E-state index contributed by atoms with van der Waals surface area (Å²) in [5, 5.41) is 13.3. The minimum Gasteiger partial charge on any atom is -0.491 e. The van der Waals surface area contributed by atoms with E-state index in [0.29, 0.717) is 19.2 Å². The van der Waals surface area contributed by atoms with Gasteiger partial charge in [0, 0.05) is 12.6 Å². The van der Waals surface area contributed by atoms with Crippen LogP contribution in [0.4, 0.5) is 0 Å². The molecule has 1 aromatic carbocycles. The van der Waals surface area contributed by atoms with E-state index < -0.39 is 6.10 Å². The first-order chi connectivity index (χ1) is 9.52. The van der Waals surface area contributed by atoms with Gasteiger partial charge in [-0.2, -0.15) is 11.8 Å². The Hall–Kier alpha value is -0.710. The lowest BCUT2D eigenvalue weighted by Crippen LogP contribution is -2.36. The lowest BCUT2D eigenvalue weighted by molar-refractivity contribution is 0.103. The normalized spacial score (nSPS) is 14.1. The summed E-state index contributed by atoms with van der Waals surface area (Å²) in [6.07, 6.45) is 2.75. The minimum absolute atomic E-state index is 0.326. The second-order valence-corrected chi connectivity index (χ2v) is 6.31. The Kier molecular flexibility index (Phi) is 8.04. The number of aliphatic hydroxyl groups excluding tert-OH is 1. The highest BCUT2D eigenvalue weighted by atomic mass is 32.2. The number of rotatable bonds is 9. The van der Waals surface area contributed by atoms with Gasteiger partial charge >= 0.3 is 0 Å². The fourth-order valence-corrected chi connectivity index (χ4v) is 2.53. The number of thioether (sulfide) groups is 1. The smallest absolute Gasteiger partial charge is 0.122 e. The van der Waals surface area contributed by atoms with Crippen LogP contribution in [0.2, 0.25) is 0 Å². The van der Waals surface area contributed by atoms with E-state index in [9.17, 15) is 5.11 Å². The molecule has 4 heteroatoms. The third kappa shape index (κ3) is 6.64. The topological polar surface area (TPSA) is 41.5 Å². The van der Waals surface area contributed by atoms with Crippen LogP contribution in [-0.4, -0.2) is 42.4 Å². The summed E-state index contributed by atoms with van der Waals surface area (Å²) in [6, 6.07) is 6.51. The summed E-state index contributed by atoms with van der Waals surface area (Å²) in [7, 11) is 0. The molecule has 20 heavy (non-hydrogen) atoms. The molecule has 0 heterocycles. The first kappa shape index (κ1) is 17.3. The third-order valence-electron chi connectivity index (χ3n) is 3.22. The van der Waals surface area contributed by atoms with Crippen LogP contribution >= 0.6 is 11.8 Å². The molecule has 2 N–H and O–H groups in total. The largest absolute Gasteiger partial charge is 0.491 e. The van der Waals surface area contributed by atoms with E-state index in [-0.39, 0.29) is 0 Å². The molecule has 3 nitrogen and oxygen atoms in total. The van der Waals surface area contributed by atoms with Gasteiger partial charge in [-0.3, -0.25) is 0 Å². The zero-order valence-corrected chi connectivity index (χ0v) is 13.8. The average molecular weight is 297 g/mol. The van der Waals surface area contributed by atoms with Crippen molar-refractivity contribution in [2.75, 3.05) is 25.2 Å². The molecule has 1 rings (SSSR count). The third-order valence-corrected chi connectivity index (χ3v) is 3.86. The van der Waals surface area contributed by atoms with Gasteiger partial charge in [0.1, 0.15) is 18.5 Å². The van der Waals surface area contributed by atoms with Crippen LogP contribution in [0.5, 0.6) is 5.75 Å². The van der Waals surface area contributed by atoms with Gasteiger partial charge < -0.3 is 15.2 Å². The van der Waals surface area contributed by atoms with Crippen molar-refractivity contribution in [3.05, 3.63) is 29.3 Å². The van der Waals surface area contributed by atoms with Gasteiger partial charge in [-0.1, -0.05) is 17.7 Å². The molecule has 0 saturated carbocycles. The standard InChI is InChI=1S/C16H27NO2S/c1-12-5-6-16(13(2)9-12)19-11-15(18)10-17-14(3)7-8-20-4/h5-6,9,14-15,17-18H,7-8,10-11H2,1-4H3/t14-,15+/m1/s1. The number of hydrogen-bond donors (Lipinski definition) is 2. The maximum absolute atomic E-state index is 9.94. The second kappa shape index (κ2) is 9.27. The molecule has 114 valence electrons. The van der Waals surface area contributed by atoms with Gasteiger partial charge in [0.05, 0.1) is 0 Å². The number of benzene rings is 1. The first-order valence-corrected chi connectivity index (χ1v) is 8.52. The van der Waals surface area contributed by atoms with Crippen molar-refractivity contribution >= 4 is 11.8 Å². The van der Waals surface area contributed by atoms with Crippen LogP contribution in [0.3, 0.4) is 0 Å². The molecular formula is C16H27NO2S. The van der Waals surface area contributed by atoms with Crippen LogP contribution in [0.15, 0.2) is 18.2 Å². The van der Waals surface area contributed by atoms with E-state index in [1.165, 1.54) is 5.56 Å². The Labute approximate surface area is 127 Å². The lowest BCUT2D eigenvalue weighted by Gasteiger charge is -2.18. The molecule has 0 aromatic heterocycles. The zero-order valence-electron chi connectivity index (χ0n) is 13.0. The average Bonchev–Trinajstić information content (AvgIpc) is 2.41. The van der Waals surface area contributed by atoms with E-state index in [0.717, 1.165) is 23.5 Å². The second-order valence-electron chi connectivity index (χ2n) is 5.32. The number of hydrogen-bond acceptors (Lipinski definition) is 4. The zero-order chi connectivity index (χ0) is 15.0. The van der Waals surface area contributed by atoms with Crippen molar-refractivity contribution in [1.82, 2.24) is 5.32 Å². The Balaban J connectivity index is 2.27. The van der Waals surface area contributed by atoms with Crippen molar-refractivity contribution in [1.29, 1.82) is 0 Å². The molecule has 0 radical (unpaired) electrons. The van der Waals surface area contributed by atoms with E-state index in [2.05, 4.69) is 31.5 Å². The maximum Gasteiger partial charge on any atom is 0.122 e. The summed E-state index contributed by atoms with van der Waals surface area (Å²) in [4.78, 5) is 0. The summed E-state index contributed by atoms with van der Waals surface area (Å²) >= 11 is 1.85. The van der Waals surface area contributed by atoms with Crippen LogP contribution in [0, 0.1) is 13.8 Å². The Morgan fingerprint density at radius 2 is 2.10 bits per heavy atom. The fraction of sp³-hybridized carbons (Fsp3) is 0.625. The van der Waals surface area contributed by atoms with Crippen LogP contribution in [0.25, 0.3) is 0 Å². The predicted molar refractivity (Wildman–Crippen MR) is 87.9 cm³/mol. The number of ether oxygens (including phenoxy) is 1. The first-order valence-electron chi connectivity index (χ1n) is 7.13. The molecule has 2 atom stereocenters. The summed E-state index contributed by atoms with van der Waals surface area (Å²) in [5.74, 6) is 1.99. The van der Waals surface area contributed by atoms with Gasteiger partial charge in [-0.25, -0.2) is 0 Å². The SMILES string of the molecule is CSCC[C@@H](C)NC[C@H](O)COc1ccc(C)cc1C. The molecular weight excluding hydrogens is 270 g/mol. The molecule has 0 aliphatic rings. The van der Waals surface area contributed by atoms with Crippen molar-refractivity contribution in [2.24, 2.45) is 0 Å². The van der Waals surface area contributed by atoms with Crippen molar-refractivity contribution in [3.8, 4) is 5.75 Å². The molecule has 0 saturated heterocycles. The maximum atomic E-state index is 9.94. The quantitative estimate of drug-likeness (QED) is 0.735. The molecule has 0 bridgehead atoms. The summed E-state index contributed by atoms with van der Waals surface area (Å²) < 4.78 is 5.67. The Bertz CT molecular complexity index is 398. The monoisotopic (exact) mass is 297 g/mol. The molecule has 0 aliphatic carbocycles. The molecule has 0 fully saturated rings. The number of aliphatic hydroxyl groups is 1. The highest BCUT2D eigenvalue weighted by Crippen LogP contribution is 2.18. The Morgan fingerprint density at radius 1 is 1.35 bits per heavy atom. The van der Waals surface area contributed by atoms with Gasteiger partial charge in [-0.15, -0.1) is 0 Å². The van der Waals surface area contributed by atoms with Crippen LogP contribution in [-0.2, 0) is 0 Å². The van der Waals surface area contributed by atoms with Crippen molar-refractivity contribution in [3.63, 3.8) is 0 Å². The molecule has 0 spiro atoms. The molecule has 0 amide bonds. The predicted octanol–water partition coefficient (Wildman–Crippen LogP) is 2.77. The van der Waals surface area contributed by atoms with Crippen LogP contribution in [0.1, 0.15) is 24.5 Å². The van der Waals surface area contributed by atoms with Gasteiger partial charge in [0.2, 0.25) is 0 Å². The van der Waals surface area contributed by atoms with E-state index >= 15 is 0 Å². The number of nitrogens with one attached hydrogen (secondary N) is 1. The van der Waals surface area contributed by atoms with Gasteiger partial charge in [0.15, 0.2) is 0 Å². The Morgan fingerprint density at radius 3 is 2.75 bits per heavy atom. The van der Waals surface area contributed by atoms with E-state index in [1.807, 2.05) is 30.8 Å². The molecule has 0 aliphatic heterocycles. The van der Waals surface area contributed by atoms with E-state index in [4.69, 9.17) is 4.74 Å². The molecule has 0 unspecified atom stereocenters. The van der Waals surface area contributed by atoms with Crippen molar-refractivity contribution in [2.45, 2.75) is 39.3 Å². The van der Waals surface area contributed by atoms with E-state index in [1.54, 1.807) is 0 Å². The lowest BCUT2D eigenvalue weighted by atomic mass is 10.1. The highest BCUT2D eigenvalue weighted by molar-refractivity contribution is 7.98. The van der Waals surface area contributed by atoms with Crippen molar-refractivity contribution < 1.29 is 9.84 Å². The summed E-state index contributed by atoms with van der Waals surface area (Å²) in [6.45, 7) is 7.13. The van der Waals surface area contributed by atoms with Crippen LogP contribution < -0.4 is 10.1 Å². The van der Waals surface area contributed by atoms with Gasteiger partial charge in [-0.05, 0) is 50.8 Å². The minimum atomic E-state index is -0.479.